The first-order valence-electron chi connectivity index (χ1n) is 9.97. The zero-order valence-corrected chi connectivity index (χ0v) is 18.3. The fourth-order valence-electron chi connectivity index (χ4n) is 4.19. The first kappa shape index (κ1) is 20.9. The third-order valence-corrected chi connectivity index (χ3v) is 7.97. The lowest BCUT2D eigenvalue weighted by molar-refractivity contribution is 0.480. The molecule has 1 aliphatic rings. The fraction of sp³-hybridized carbons (Fsp3) is 0.250. The molecule has 3 aromatic rings. The van der Waals surface area contributed by atoms with Crippen LogP contribution in [0.2, 0.25) is 5.02 Å². The van der Waals surface area contributed by atoms with E-state index in [-0.39, 0.29) is 11.7 Å². The summed E-state index contributed by atoms with van der Waals surface area (Å²) >= 11 is 5.88. The zero-order chi connectivity index (χ0) is 21.3. The van der Waals surface area contributed by atoms with Crippen molar-refractivity contribution in [3.05, 3.63) is 88.7 Å². The predicted molar refractivity (Wildman–Crippen MR) is 119 cm³/mol. The Kier molecular flexibility index (Phi) is 5.85. The summed E-state index contributed by atoms with van der Waals surface area (Å²) < 4.78 is 41.1. The molecular formula is C24H23ClFNO2S. The van der Waals surface area contributed by atoms with Crippen molar-refractivity contribution in [1.82, 2.24) is 0 Å². The molecule has 0 N–H and O–H groups in total. The van der Waals surface area contributed by atoms with Crippen molar-refractivity contribution < 1.29 is 12.8 Å². The number of para-hydroxylation sites is 1. The Morgan fingerprint density at radius 1 is 0.933 bits per heavy atom. The van der Waals surface area contributed by atoms with Crippen molar-refractivity contribution in [2.45, 2.75) is 35.5 Å². The molecule has 6 heteroatoms. The Bertz CT molecular complexity index is 1170. The Labute approximate surface area is 182 Å². The van der Waals surface area contributed by atoms with Crippen LogP contribution in [0, 0.1) is 12.7 Å². The number of piperidine rings is 1. The molecule has 1 fully saturated rings. The van der Waals surface area contributed by atoms with Crippen LogP contribution >= 0.6 is 11.6 Å². The predicted octanol–water partition coefficient (Wildman–Crippen LogP) is 6.00. The molecular weight excluding hydrogens is 421 g/mol. The summed E-state index contributed by atoms with van der Waals surface area (Å²) in [6.07, 6.45) is 1.49. The van der Waals surface area contributed by atoms with Crippen LogP contribution in [-0.4, -0.2) is 21.5 Å². The second kappa shape index (κ2) is 8.40. The summed E-state index contributed by atoms with van der Waals surface area (Å²) in [5, 5.41) is 0.393. The highest BCUT2D eigenvalue weighted by Crippen LogP contribution is 2.36. The monoisotopic (exact) mass is 443 g/mol. The zero-order valence-electron chi connectivity index (χ0n) is 16.7. The van der Waals surface area contributed by atoms with Crippen LogP contribution in [0.5, 0.6) is 0 Å². The van der Waals surface area contributed by atoms with Gasteiger partial charge in [0.25, 0.3) is 0 Å². The fourth-order valence-corrected chi connectivity index (χ4v) is 6.06. The van der Waals surface area contributed by atoms with Crippen molar-refractivity contribution in [3.63, 3.8) is 0 Å². The average Bonchev–Trinajstić information content (AvgIpc) is 2.74. The molecule has 0 radical (unpaired) electrons. The van der Waals surface area contributed by atoms with Crippen molar-refractivity contribution in [1.29, 1.82) is 0 Å². The molecule has 0 bridgehead atoms. The van der Waals surface area contributed by atoms with Crippen LogP contribution in [-0.2, 0) is 9.84 Å². The number of hydrogen-bond acceptors (Lipinski definition) is 3. The summed E-state index contributed by atoms with van der Waals surface area (Å²) in [5.74, 6) is -0.179. The molecule has 0 atom stereocenters. The minimum Gasteiger partial charge on any atom is -0.370 e. The van der Waals surface area contributed by atoms with Gasteiger partial charge in [0.05, 0.1) is 15.5 Å². The van der Waals surface area contributed by atoms with Crippen molar-refractivity contribution in [3.8, 4) is 0 Å². The summed E-state index contributed by atoms with van der Waals surface area (Å²) in [7, 11) is -3.64. The minimum absolute atomic E-state index is 0.0960. The molecule has 1 aliphatic heterocycles. The van der Waals surface area contributed by atoms with E-state index in [0.717, 1.165) is 18.4 Å². The van der Waals surface area contributed by atoms with Gasteiger partial charge in [-0.2, -0.15) is 0 Å². The lowest BCUT2D eigenvalue weighted by atomic mass is 9.89. The standard InChI is InChI=1S/C24H23ClFNO2S/c1-17-6-2-4-8-23(17)30(28,29)24-9-5-3-7-22(24)27-14-12-18(13-15-27)20-11-10-19(25)16-21(20)26/h2-11,16,18H,12-15H2,1H3. The molecule has 3 aromatic carbocycles. The van der Waals surface area contributed by atoms with Gasteiger partial charge in [0.15, 0.2) is 0 Å². The van der Waals surface area contributed by atoms with E-state index < -0.39 is 9.84 Å². The van der Waals surface area contributed by atoms with E-state index in [1.54, 1.807) is 36.4 Å². The van der Waals surface area contributed by atoms with Gasteiger partial charge < -0.3 is 4.90 Å². The number of benzene rings is 3. The number of hydrogen-bond donors (Lipinski definition) is 0. The minimum atomic E-state index is -3.64. The topological polar surface area (TPSA) is 37.4 Å². The summed E-state index contributed by atoms with van der Waals surface area (Å²) in [4.78, 5) is 2.74. The molecule has 0 saturated carbocycles. The quantitative estimate of drug-likeness (QED) is 0.496. The number of aryl methyl sites for hydroxylation is 1. The maximum Gasteiger partial charge on any atom is 0.208 e. The number of halogens is 2. The molecule has 3 nitrogen and oxygen atoms in total. The highest BCUT2D eigenvalue weighted by Gasteiger charge is 2.28. The number of nitrogens with zero attached hydrogens (tertiary/aromatic N) is 1. The summed E-state index contributed by atoms with van der Waals surface area (Å²) in [6.45, 7) is 3.13. The van der Waals surface area contributed by atoms with E-state index in [1.165, 1.54) is 6.07 Å². The smallest absolute Gasteiger partial charge is 0.208 e. The summed E-state index contributed by atoms with van der Waals surface area (Å²) in [5.41, 5.74) is 2.11. The van der Waals surface area contributed by atoms with E-state index in [2.05, 4.69) is 4.90 Å². The normalized spacial score (nSPS) is 15.4. The van der Waals surface area contributed by atoms with Crippen molar-refractivity contribution in [2.75, 3.05) is 18.0 Å². The van der Waals surface area contributed by atoms with Crippen LogP contribution in [0.3, 0.4) is 0 Å². The molecule has 156 valence electrons. The van der Waals surface area contributed by atoms with E-state index >= 15 is 0 Å². The number of sulfone groups is 1. The molecule has 4 rings (SSSR count). The Hall–Kier alpha value is -2.37. The van der Waals surface area contributed by atoms with Crippen LogP contribution in [0.4, 0.5) is 10.1 Å². The summed E-state index contributed by atoms with van der Waals surface area (Å²) in [6, 6.07) is 19.0. The maximum atomic E-state index is 14.3. The van der Waals surface area contributed by atoms with Crippen LogP contribution in [0.1, 0.15) is 29.9 Å². The lowest BCUT2D eigenvalue weighted by Crippen LogP contribution is -2.34. The van der Waals surface area contributed by atoms with E-state index in [1.807, 2.05) is 31.2 Å². The van der Waals surface area contributed by atoms with Gasteiger partial charge in [-0.15, -0.1) is 0 Å². The number of rotatable bonds is 4. The molecule has 30 heavy (non-hydrogen) atoms. The molecule has 0 amide bonds. The van der Waals surface area contributed by atoms with E-state index in [0.29, 0.717) is 39.2 Å². The van der Waals surface area contributed by atoms with Gasteiger partial charge in [-0.3, -0.25) is 0 Å². The SMILES string of the molecule is Cc1ccccc1S(=O)(=O)c1ccccc1N1CCC(c2ccc(Cl)cc2F)CC1. The lowest BCUT2D eigenvalue weighted by Gasteiger charge is -2.35. The molecule has 0 spiro atoms. The van der Waals surface area contributed by atoms with Crippen LogP contribution in [0.15, 0.2) is 76.5 Å². The van der Waals surface area contributed by atoms with Crippen molar-refractivity contribution in [2.24, 2.45) is 0 Å². The molecule has 1 heterocycles. The Balaban J connectivity index is 1.61. The van der Waals surface area contributed by atoms with Gasteiger partial charge in [0, 0.05) is 18.1 Å². The van der Waals surface area contributed by atoms with Crippen LogP contribution < -0.4 is 4.90 Å². The van der Waals surface area contributed by atoms with Gasteiger partial charge in [0.2, 0.25) is 9.84 Å². The molecule has 0 unspecified atom stereocenters. The largest absolute Gasteiger partial charge is 0.370 e. The van der Waals surface area contributed by atoms with Gasteiger partial charge in [-0.05, 0) is 67.1 Å². The van der Waals surface area contributed by atoms with Gasteiger partial charge in [-0.25, -0.2) is 12.8 Å². The van der Waals surface area contributed by atoms with Gasteiger partial charge in [-0.1, -0.05) is 48.0 Å². The van der Waals surface area contributed by atoms with Crippen molar-refractivity contribution >= 4 is 27.1 Å². The first-order valence-corrected chi connectivity index (χ1v) is 11.8. The first-order chi connectivity index (χ1) is 14.4. The number of anilines is 1. The molecule has 1 saturated heterocycles. The van der Waals surface area contributed by atoms with Gasteiger partial charge >= 0.3 is 0 Å². The average molecular weight is 444 g/mol. The highest BCUT2D eigenvalue weighted by molar-refractivity contribution is 7.91. The molecule has 0 aromatic heterocycles. The third kappa shape index (κ3) is 3.96. The highest BCUT2D eigenvalue weighted by atomic mass is 35.5. The van der Waals surface area contributed by atoms with Gasteiger partial charge in [0.1, 0.15) is 5.82 Å². The Morgan fingerprint density at radius 2 is 1.57 bits per heavy atom. The van der Waals surface area contributed by atoms with E-state index in [4.69, 9.17) is 11.6 Å². The molecule has 0 aliphatic carbocycles. The Morgan fingerprint density at radius 3 is 2.23 bits per heavy atom. The van der Waals surface area contributed by atoms with E-state index in [9.17, 15) is 12.8 Å². The maximum absolute atomic E-state index is 14.3. The second-order valence-corrected chi connectivity index (χ2v) is 9.99. The third-order valence-electron chi connectivity index (χ3n) is 5.78. The van der Waals surface area contributed by atoms with Crippen LogP contribution in [0.25, 0.3) is 0 Å². The second-order valence-electron chi connectivity index (χ2n) is 7.66.